The Bertz CT molecular complexity index is 1530. The van der Waals surface area contributed by atoms with E-state index >= 15 is 0 Å². The van der Waals surface area contributed by atoms with Gasteiger partial charge in [0.2, 0.25) is 0 Å². The van der Waals surface area contributed by atoms with E-state index < -0.39 is 11.5 Å². The third-order valence-corrected chi connectivity index (χ3v) is 6.49. The van der Waals surface area contributed by atoms with Crippen molar-refractivity contribution in [3.63, 3.8) is 0 Å². The fourth-order valence-electron chi connectivity index (χ4n) is 4.30. The smallest absolute Gasteiger partial charge is 0.328 e. The number of rotatable bonds is 5. The maximum Gasteiger partial charge on any atom is 0.328 e. The minimum absolute atomic E-state index is 0.237. The first kappa shape index (κ1) is 24.9. The van der Waals surface area contributed by atoms with E-state index in [0.717, 1.165) is 26.6 Å². The molecule has 0 unspecified atom stereocenters. The number of fused-ring (bicyclic) bond motifs is 2. The molecule has 4 aromatic rings. The van der Waals surface area contributed by atoms with E-state index in [1.165, 1.54) is 4.68 Å². The van der Waals surface area contributed by atoms with Crippen molar-refractivity contribution in [2.75, 3.05) is 6.61 Å². The van der Waals surface area contributed by atoms with Crippen molar-refractivity contribution in [3.8, 4) is 0 Å². The number of halogens is 1. The minimum Gasteiger partial charge on any atom is -0.464 e. The zero-order valence-corrected chi connectivity index (χ0v) is 22.4. The molecule has 0 saturated heterocycles. The van der Waals surface area contributed by atoms with Gasteiger partial charge < -0.3 is 9.30 Å². The van der Waals surface area contributed by atoms with Crippen LogP contribution in [0.5, 0.6) is 0 Å². The Balaban J connectivity index is 1.93. The van der Waals surface area contributed by atoms with Gasteiger partial charge in [0.05, 0.1) is 23.7 Å². The van der Waals surface area contributed by atoms with Crippen molar-refractivity contribution in [1.29, 1.82) is 0 Å². The third-order valence-electron chi connectivity index (χ3n) is 6.00. The molecule has 2 heterocycles. The molecule has 0 bridgehead atoms. The molecule has 35 heavy (non-hydrogen) atoms. The fourth-order valence-corrected chi connectivity index (χ4v) is 4.67. The van der Waals surface area contributed by atoms with Gasteiger partial charge in [0.25, 0.3) is 5.56 Å². The number of hydrogen-bond acceptors (Lipinski definition) is 5. The fraction of sp³-hybridized carbons (Fsp3) is 0.333. The number of para-hydroxylation sites is 1. The third kappa shape index (κ3) is 4.55. The number of nitrogens with zero attached hydrogens (tertiary/aromatic N) is 4. The van der Waals surface area contributed by atoms with Crippen LogP contribution in [0.2, 0.25) is 0 Å². The summed E-state index contributed by atoms with van der Waals surface area (Å²) in [5, 5.41) is 6.08. The van der Waals surface area contributed by atoms with Crippen molar-refractivity contribution >= 4 is 49.9 Å². The Labute approximate surface area is 212 Å². The zero-order valence-electron chi connectivity index (χ0n) is 20.8. The lowest BCUT2D eigenvalue weighted by Gasteiger charge is -2.21. The summed E-state index contributed by atoms with van der Waals surface area (Å²) in [6.45, 7) is 11.9. The first-order chi connectivity index (χ1) is 16.5. The maximum absolute atomic E-state index is 13.5. The van der Waals surface area contributed by atoms with Gasteiger partial charge in [-0.15, -0.1) is 0 Å². The molecule has 4 rings (SSSR count). The lowest BCUT2D eigenvalue weighted by atomic mass is 9.95. The molecule has 0 spiro atoms. The van der Waals surface area contributed by atoms with Gasteiger partial charge in [-0.25, -0.2) is 9.78 Å². The van der Waals surface area contributed by atoms with Crippen molar-refractivity contribution in [3.05, 3.63) is 74.4 Å². The summed E-state index contributed by atoms with van der Waals surface area (Å²) in [7, 11) is 0. The minimum atomic E-state index is -0.505. The Morgan fingerprint density at radius 1 is 1.20 bits per heavy atom. The highest BCUT2D eigenvalue weighted by atomic mass is 79.9. The number of carbonyl (C=O) groups is 1. The van der Waals surface area contributed by atoms with Crippen LogP contribution in [0.3, 0.4) is 0 Å². The van der Waals surface area contributed by atoms with Crippen molar-refractivity contribution in [2.45, 2.75) is 53.0 Å². The molecule has 8 heteroatoms. The maximum atomic E-state index is 13.5. The summed E-state index contributed by atoms with van der Waals surface area (Å²) in [6, 6.07) is 12.8. The van der Waals surface area contributed by atoms with E-state index in [4.69, 9.17) is 9.72 Å². The van der Waals surface area contributed by atoms with Crippen LogP contribution >= 0.6 is 15.9 Å². The Kier molecular flexibility index (Phi) is 6.68. The van der Waals surface area contributed by atoms with Crippen LogP contribution in [0.25, 0.3) is 21.8 Å². The topological polar surface area (TPSA) is 78.5 Å². The van der Waals surface area contributed by atoms with Crippen LogP contribution in [-0.2, 0) is 14.9 Å². The average molecular weight is 537 g/mol. The quantitative estimate of drug-likeness (QED) is 0.241. The zero-order chi connectivity index (χ0) is 25.5. The molecule has 1 atom stereocenters. The van der Waals surface area contributed by atoms with Gasteiger partial charge in [-0.3, -0.25) is 4.79 Å². The predicted molar refractivity (Wildman–Crippen MR) is 143 cm³/mol. The number of aromatic nitrogens is 3. The standard InChI is InChI=1S/C27H29BrN4O3/c1-7-35-25(34)17(3)31-16(2)21(19-10-8-9-11-23(19)31)15-29-32-24(33)20-14-18(28)12-13-22(20)30-26(32)27(4,5)6/h8-15,17H,7H2,1-6H3/t17-/m1/s1. The molecule has 0 aliphatic rings. The Hall–Kier alpha value is -3.26. The van der Waals surface area contributed by atoms with Crippen LogP contribution < -0.4 is 5.56 Å². The van der Waals surface area contributed by atoms with Gasteiger partial charge >= 0.3 is 5.97 Å². The molecule has 0 saturated carbocycles. The highest BCUT2D eigenvalue weighted by Crippen LogP contribution is 2.29. The van der Waals surface area contributed by atoms with E-state index in [2.05, 4.69) is 21.0 Å². The molecule has 2 aromatic carbocycles. The summed E-state index contributed by atoms with van der Waals surface area (Å²) in [5.41, 5.74) is 2.56. The average Bonchev–Trinajstić information content (AvgIpc) is 3.08. The van der Waals surface area contributed by atoms with Gasteiger partial charge in [-0.05, 0) is 45.0 Å². The second-order valence-electron chi connectivity index (χ2n) is 9.52. The van der Waals surface area contributed by atoms with Gasteiger partial charge in [0, 0.05) is 32.0 Å². The van der Waals surface area contributed by atoms with Gasteiger partial charge in [-0.2, -0.15) is 9.78 Å². The summed E-state index contributed by atoms with van der Waals surface area (Å²) in [5.74, 6) is 0.269. The molecular formula is C27H29BrN4O3. The molecule has 2 aromatic heterocycles. The van der Waals surface area contributed by atoms with Gasteiger partial charge in [-0.1, -0.05) is 54.9 Å². The van der Waals surface area contributed by atoms with Crippen LogP contribution in [-0.4, -0.2) is 33.0 Å². The van der Waals surface area contributed by atoms with Crippen LogP contribution in [0.15, 0.2) is 56.8 Å². The molecule has 7 nitrogen and oxygen atoms in total. The molecule has 0 radical (unpaired) electrons. The molecule has 182 valence electrons. The second-order valence-corrected chi connectivity index (χ2v) is 10.4. The normalized spacial score (nSPS) is 13.1. The van der Waals surface area contributed by atoms with Crippen LogP contribution in [0.4, 0.5) is 0 Å². The number of esters is 1. The number of ether oxygens (including phenoxy) is 1. The van der Waals surface area contributed by atoms with E-state index in [9.17, 15) is 9.59 Å². The molecule has 0 fully saturated rings. The van der Waals surface area contributed by atoms with Gasteiger partial charge in [0.15, 0.2) is 0 Å². The van der Waals surface area contributed by atoms with E-state index in [0.29, 0.717) is 23.3 Å². The van der Waals surface area contributed by atoms with Crippen molar-refractivity contribution in [2.24, 2.45) is 5.10 Å². The molecular weight excluding hydrogens is 508 g/mol. The summed E-state index contributed by atoms with van der Waals surface area (Å²) >= 11 is 3.45. The van der Waals surface area contributed by atoms with E-state index in [-0.39, 0.29) is 11.5 Å². The van der Waals surface area contributed by atoms with Gasteiger partial charge in [0.1, 0.15) is 11.9 Å². The number of hydrogen-bond donors (Lipinski definition) is 0. The first-order valence-corrected chi connectivity index (χ1v) is 12.4. The summed E-state index contributed by atoms with van der Waals surface area (Å²) < 4.78 is 9.41. The molecule has 0 aliphatic carbocycles. The van der Waals surface area contributed by atoms with Crippen LogP contribution in [0.1, 0.15) is 57.7 Å². The Morgan fingerprint density at radius 3 is 2.60 bits per heavy atom. The second kappa shape index (κ2) is 9.41. The van der Waals surface area contributed by atoms with E-state index in [1.807, 2.05) is 75.6 Å². The lowest BCUT2D eigenvalue weighted by Crippen LogP contribution is -2.29. The summed E-state index contributed by atoms with van der Waals surface area (Å²) in [6.07, 6.45) is 1.69. The largest absolute Gasteiger partial charge is 0.464 e. The predicted octanol–water partition coefficient (Wildman–Crippen LogP) is 5.73. The molecule has 0 aliphatic heterocycles. The van der Waals surface area contributed by atoms with Crippen LogP contribution in [0, 0.1) is 6.92 Å². The highest BCUT2D eigenvalue weighted by Gasteiger charge is 2.25. The Morgan fingerprint density at radius 2 is 1.91 bits per heavy atom. The van der Waals surface area contributed by atoms with Crippen molar-refractivity contribution < 1.29 is 9.53 Å². The highest BCUT2D eigenvalue weighted by molar-refractivity contribution is 9.10. The first-order valence-electron chi connectivity index (χ1n) is 11.6. The lowest BCUT2D eigenvalue weighted by molar-refractivity contribution is -0.146. The van der Waals surface area contributed by atoms with Crippen molar-refractivity contribution in [1.82, 2.24) is 14.2 Å². The number of benzene rings is 2. The van der Waals surface area contributed by atoms with E-state index in [1.54, 1.807) is 19.2 Å². The summed E-state index contributed by atoms with van der Waals surface area (Å²) in [4.78, 5) is 30.8. The molecule has 0 N–H and O–H groups in total. The number of carbonyl (C=O) groups excluding carboxylic acids is 1. The SMILES string of the molecule is CCOC(=O)[C@@H](C)n1c(C)c(C=Nn2c(C(C)(C)C)nc3ccc(Br)cc3c2=O)c2ccccc21. The molecule has 0 amide bonds. The monoisotopic (exact) mass is 536 g/mol.